The first-order chi connectivity index (χ1) is 10.1. The molecule has 3 rings (SSSR count). The molecule has 0 spiro atoms. The van der Waals surface area contributed by atoms with E-state index in [1.165, 1.54) is 24.0 Å². The quantitative estimate of drug-likeness (QED) is 0.894. The van der Waals surface area contributed by atoms with Gasteiger partial charge in [-0.3, -0.25) is 4.79 Å². The number of benzene rings is 1. The number of aryl methyl sites for hydroxylation is 1. The molecule has 3 heteroatoms. The molecule has 3 N–H and O–H groups in total. The minimum atomic E-state index is 0.126. The van der Waals surface area contributed by atoms with Crippen molar-refractivity contribution >= 4 is 5.91 Å². The highest BCUT2D eigenvalue weighted by Gasteiger charge is 2.45. The summed E-state index contributed by atoms with van der Waals surface area (Å²) in [5, 5.41) is 3.21. The van der Waals surface area contributed by atoms with E-state index in [0.29, 0.717) is 0 Å². The van der Waals surface area contributed by atoms with Gasteiger partial charge in [0.05, 0.1) is 0 Å². The van der Waals surface area contributed by atoms with Gasteiger partial charge in [-0.15, -0.1) is 0 Å². The Labute approximate surface area is 127 Å². The summed E-state index contributed by atoms with van der Waals surface area (Å²) < 4.78 is 0. The zero-order valence-corrected chi connectivity index (χ0v) is 12.9. The summed E-state index contributed by atoms with van der Waals surface area (Å²) in [7, 11) is 0. The summed E-state index contributed by atoms with van der Waals surface area (Å²) in [6.45, 7) is 2.94. The lowest BCUT2D eigenvalue weighted by Crippen LogP contribution is -2.40. The molecule has 3 nitrogen and oxygen atoms in total. The standard InChI is InChI=1S/C18H26N2O/c1-13-5-2-3-8-16(13)18(9-10-18)12-20-17(21)14-6-4-7-15(19)11-14/h2-3,5,8,14-15H,4,6-7,9-12,19H2,1H3,(H,20,21). The Hall–Kier alpha value is -1.35. The molecule has 2 saturated carbocycles. The largest absolute Gasteiger partial charge is 0.355 e. The van der Waals surface area contributed by atoms with Gasteiger partial charge in [0.15, 0.2) is 0 Å². The number of nitrogens with one attached hydrogen (secondary N) is 1. The normalized spacial score (nSPS) is 27.1. The van der Waals surface area contributed by atoms with Crippen molar-refractivity contribution in [2.24, 2.45) is 11.7 Å². The zero-order valence-electron chi connectivity index (χ0n) is 12.9. The van der Waals surface area contributed by atoms with Crippen molar-refractivity contribution in [2.75, 3.05) is 6.54 Å². The fraction of sp³-hybridized carbons (Fsp3) is 0.611. The molecule has 2 aliphatic carbocycles. The van der Waals surface area contributed by atoms with Gasteiger partial charge in [0, 0.05) is 23.9 Å². The lowest BCUT2D eigenvalue weighted by Gasteiger charge is -2.27. The molecule has 0 heterocycles. The molecule has 114 valence electrons. The van der Waals surface area contributed by atoms with Crippen molar-refractivity contribution in [1.29, 1.82) is 0 Å². The topological polar surface area (TPSA) is 55.1 Å². The number of hydrogen-bond donors (Lipinski definition) is 2. The second-order valence-corrected chi connectivity index (χ2v) is 6.94. The Morgan fingerprint density at radius 1 is 1.33 bits per heavy atom. The van der Waals surface area contributed by atoms with Crippen molar-refractivity contribution < 1.29 is 4.79 Å². The van der Waals surface area contributed by atoms with E-state index >= 15 is 0 Å². The van der Waals surface area contributed by atoms with E-state index in [0.717, 1.165) is 32.2 Å². The smallest absolute Gasteiger partial charge is 0.223 e. The van der Waals surface area contributed by atoms with E-state index in [4.69, 9.17) is 5.73 Å². The summed E-state index contributed by atoms with van der Waals surface area (Å²) in [6.07, 6.45) is 6.36. The van der Waals surface area contributed by atoms with E-state index in [2.05, 4.69) is 36.5 Å². The molecule has 0 bridgehead atoms. The van der Waals surface area contributed by atoms with E-state index in [-0.39, 0.29) is 23.3 Å². The summed E-state index contributed by atoms with van der Waals surface area (Å²) in [5.74, 6) is 0.339. The maximum absolute atomic E-state index is 12.4. The van der Waals surface area contributed by atoms with Crippen LogP contribution < -0.4 is 11.1 Å². The van der Waals surface area contributed by atoms with Crippen LogP contribution in [0.15, 0.2) is 24.3 Å². The third kappa shape index (κ3) is 3.13. The number of rotatable bonds is 4. The number of carbonyl (C=O) groups excluding carboxylic acids is 1. The second kappa shape index (κ2) is 5.80. The zero-order chi connectivity index (χ0) is 14.9. The molecule has 2 aliphatic rings. The minimum absolute atomic E-state index is 0.126. The van der Waals surface area contributed by atoms with Crippen LogP contribution in [0.1, 0.15) is 49.7 Å². The van der Waals surface area contributed by atoms with Crippen LogP contribution in [0.4, 0.5) is 0 Å². The van der Waals surface area contributed by atoms with E-state index in [1.54, 1.807) is 0 Å². The van der Waals surface area contributed by atoms with E-state index in [9.17, 15) is 4.79 Å². The van der Waals surface area contributed by atoms with Crippen LogP contribution in [0.5, 0.6) is 0 Å². The first-order valence-electron chi connectivity index (χ1n) is 8.20. The monoisotopic (exact) mass is 286 g/mol. The van der Waals surface area contributed by atoms with Crippen LogP contribution in [0.2, 0.25) is 0 Å². The highest BCUT2D eigenvalue weighted by Crippen LogP contribution is 2.48. The molecule has 2 fully saturated rings. The lowest BCUT2D eigenvalue weighted by molar-refractivity contribution is -0.126. The molecule has 2 atom stereocenters. The average molecular weight is 286 g/mol. The summed E-state index contributed by atoms with van der Waals surface area (Å²) in [4.78, 5) is 12.4. The highest BCUT2D eigenvalue weighted by molar-refractivity contribution is 5.79. The summed E-state index contributed by atoms with van der Waals surface area (Å²) in [6, 6.07) is 8.77. The maximum atomic E-state index is 12.4. The SMILES string of the molecule is Cc1ccccc1C1(CNC(=O)C2CCCC(N)C2)CC1. The number of amides is 1. The molecule has 1 amide bonds. The molecule has 0 radical (unpaired) electrons. The van der Waals surface area contributed by atoms with E-state index < -0.39 is 0 Å². The molecule has 0 aromatic heterocycles. The molecule has 1 aromatic carbocycles. The number of hydrogen-bond acceptors (Lipinski definition) is 2. The van der Waals surface area contributed by atoms with Gasteiger partial charge in [-0.25, -0.2) is 0 Å². The number of nitrogens with two attached hydrogens (primary N) is 1. The third-order valence-electron chi connectivity index (χ3n) is 5.26. The molecule has 21 heavy (non-hydrogen) atoms. The lowest BCUT2D eigenvalue weighted by atomic mass is 9.85. The average Bonchev–Trinajstić information content (AvgIpc) is 3.26. The van der Waals surface area contributed by atoms with Gasteiger partial charge in [-0.05, 0) is 50.2 Å². The Morgan fingerprint density at radius 2 is 2.10 bits per heavy atom. The fourth-order valence-corrected chi connectivity index (χ4v) is 3.73. The Kier molecular flexibility index (Phi) is 4.03. The molecule has 2 unspecified atom stereocenters. The Bertz CT molecular complexity index is 522. The van der Waals surface area contributed by atoms with Crippen LogP contribution in [0, 0.1) is 12.8 Å². The highest BCUT2D eigenvalue weighted by atomic mass is 16.1. The molecule has 1 aromatic rings. The van der Waals surface area contributed by atoms with Gasteiger partial charge in [0.25, 0.3) is 0 Å². The van der Waals surface area contributed by atoms with Crippen molar-refractivity contribution in [3.63, 3.8) is 0 Å². The van der Waals surface area contributed by atoms with Gasteiger partial charge in [0.1, 0.15) is 0 Å². The van der Waals surface area contributed by atoms with Crippen molar-refractivity contribution in [3.05, 3.63) is 35.4 Å². The molecule has 0 aliphatic heterocycles. The third-order valence-corrected chi connectivity index (χ3v) is 5.26. The van der Waals surface area contributed by atoms with E-state index in [1.807, 2.05) is 0 Å². The maximum Gasteiger partial charge on any atom is 0.223 e. The van der Waals surface area contributed by atoms with Crippen LogP contribution in [0.25, 0.3) is 0 Å². The van der Waals surface area contributed by atoms with Gasteiger partial charge in [-0.2, -0.15) is 0 Å². The predicted molar refractivity (Wildman–Crippen MR) is 85.0 cm³/mol. The van der Waals surface area contributed by atoms with Gasteiger partial charge >= 0.3 is 0 Å². The first-order valence-corrected chi connectivity index (χ1v) is 8.20. The van der Waals surface area contributed by atoms with Gasteiger partial charge in [-0.1, -0.05) is 30.7 Å². The Balaban J connectivity index is 1.60. The first kappa shape index (κ1) is 14.6. The van der Waals surface area contributed by atoms with Crippen LogP contribution in [0.3, 0.4) is 0 Å². The van der Waals surface area contributed by atoms with Crippen molar-refractivity contribution in [1.82, 2.24) is 5.32 Å². The predicted octanol–water partition coefficient (Wildman–Crippen LogP) is 2.66. The van der Waals surface area contributed by atoms with Gasteiger partial charge < -0.3 is 11.1 Å². The van der Waals surface area contributed by atoms with Crippen LogP contribution >= 0.6 is 0 Å². The van der Waals surface area contributed by atoms with Crippen molar-refractivity contribution in [3.8, 4) is 0 Å². The summed E-state index contributed by atoms with van der Waals surface area (Å²) >= 11 is 0. The minimum Gasteiger partial charge on any atom is -0.355 e. The second-order valence-electron chi connectivity index (χ2n) is 6.94. The molecular formula is C18H26N2O. The Morgan fingerprint density at radius 3 is 2.76 bits per heavy atom. The fourth-order valence-electron chi connectivity index (χ4n) is 3.73. The van der Waals surface area contributed by atoms with Crippen LogP contribution in [-0.4, -0.2) is 18.5 Å². The molecule has 0 saturated heterocycles. The summed E-state index contributed by atoms with van der Waals surface area (Å²) in [5.41, 5.74) is 8.93. The molecular weight excluding hydrogens is 260 g/mol. The van der Waals surface area contributed by atoms with Crippen molar-refractivity contribution in [2.45, 2.75) is 56.9 Å². The van der Waals surface area contributed by atoms with Gasteiger partial charge in [0.2, 0.25) is 5.91 Å². The number of carbonyl (C=O) groups is 1. The van der Waals surface area contributed by atoms with Crippen LogP contribution in [-0.2, 0) is 10.2 Å².